The van der Waals surface area contributed by atoms with Crippen molar-refractivity contribution in [1.82, 2.24) is 4.90 Å². The van der Waals surface area contributed by atoms with E-state index in [-0.39, 0.29) is 11.8 Å². The van der Waals surface area contributed by atoms with E-state index in [1.807, 2.05) is 42.5 Å². The number of nitrogens with one attached hydrogen (secondary N) is 1. The molecule has 0 aliphatic rings. The number of carbonyl (C=O) groups is 2. The van der Waals surface area contributed by atoms with Crippen molar-refractivity contribution in [2.24, 2.45) is 0 Å². The first-order valence-corrected chi connectivity index (χ1v) is 6.92. The third kappa shape index (κ3) is 4.31. The van der Waals surface area contributed by atoms with Gasteiger partial charge in [0.15, 0.2) is 0 Å². The number of anilines is 1. The summed E-state index contributed by atoms with van der Waals surface area (Å²) < 4.78 is 0. The van der Waals surface area contributed by atoms with Crippen LogP contribution in [0.25, 0.3) is 6.08 Å². The number of hydrogen-bond donors (Lipinski definition) is 1. The molecule has 1 N–H and O–H groups in total. The maximum atomic E-state index is 11.8. The third-order valence-electron chi connectivity index (χ3n) is 3.03. The van der Waals surface area contributed by atoms with Crippen molar-refractivity contribution in [2.45, 2.75) is 0 Å². The van der Waals surface area contributed by atoms with Gasteiger partial charge in [-0.2, -0.15) is 0 Å². The second-order valence-electron chi connectivity index (χ2n) is 5.01. The van der Waals surface area contributed by atoms with Crippen molar-refractivity contribution < 1.29 is 9.59 Å². The molecule has 4 nitrogen and oxygen atoms in total. The number of amides is 2. The summed E-state index contributed by atoms with van der Waals surface area (Å²) in [6.45, 7) is 0. The van der Waals surface area contributed by atoms with Crippen LogP contribution in [0, 0.1) is 0 Å². The van der Waals surface area contributed by atoms with Crippen LogP contribution in [0.3, 0.4) is 0 Å². The number of carbonyl (C=O) groups excluding carboxylic acids is 2. The summed E-state index contributed by atoms with van der Waals surface area (Å²) >= 11 is 0. The standard InChI is InChI=1S/C18H18N2O2/c1-20(2)18(22)15-11-8-14(9-12-15)10-13-17(21)19-16-6-4-3-5-7-16/h3-13H,1-2H3,(H,19,21)/b13-10+. The van der Waals surface area contributed by atoms with Gasteiger partial charge < -0.3 is 10.2 Å². The molecule has 0 radical (unpaired) electrons. The molecule has 0 atom stereocenters. The molecule has 2 aromatic carbocycles. The molecule has 22 heavy (non-hydrogen) atoms. The lowest BCUT2D eigenvalue weighted by Crippen LogP contribution is -2.21. The predicted octanol–water partition coefficient (Wildman–Crippen LogP) is 3.04. The molecule has 0 heterocycles. The highest BCUT2D eigenvalue weighted by molar-refractivity contribution is 6.02. The lowest BCUT2D eigenvalue weighted by molar-refractivity contribution is -0.111. The molecular formula is C18H18N2O2. The summed E-state index contributed by atoms with van der Waals surface area (Å²) in [4.78, 5) is 25.1. The smallest absolute Gasteiger partial charge is 0.253 e. The van der Waals surface area contributed by atoms with Crippen molar-refractivity contribution >= 4 is 23.6 Å². The Morgan fingerprint density at radius 3 is 2.18 bits per heavy atom. The molecule has 0 saturated carbocycles. The average molecular weight is 294 g/mol. The zero-order valence-corrected chi connectivity index (χ0v) is 12.6. The minimum atomic E-state index is -0.195. The number of hydrogen-bond acceptors (Lipinski definition) is 2. The van der Waals surface area contributed by atoms with Crippen molar-refractivity contribution in [1.29, 1.82) is 0 Å². The first kappa shape index (κ1) is 15.5. The molecule has 2 aromatic rings. The van der Waals surface area contributed by atoms with Crippen molar-refractivity contribution in [2.75, 3.05) is 19.4 Å². The second kappa shape index (κ2) is 7.22. The van der Waals surface area contributed by atoms with Gasteiger partial charge in [-0.3, -0.25) is 9.59 Å². The summed E-state index contributed by atoms with van der Waals surface area (Å²) in [5, 5.41) is 2.77. The Kier molecular flexibility index (Phi) is 5.09. The Hall–Kier alpha value is -2.88. The number of para-hydroxylation sites is 1. The van der Waals surface area contributed by atoms with E-state index in [0.717, 1.165) is 11.3 Å². The van der Waals surface area contributed by atoms with Gasteiger partial charge in [-0.15, -0.1) is 0 Å². The average Bonchev–Trinajstić information content (AvgIpc) is 2.53. The topological polar surface area (TPSA) is 49.4 Å². The molecule has 0 unspecified atom stereocenters. The van der Waals surface area contributed by atoms with E-state index in [9.17, 15) is 9.59 Å². The summed E-state index contributed by atoms with van der Waals surface area (Å²) in [6, 6.07) is 16.4. The lowest BCUT2D eigenvalue weighted by atomic mass is 10.1. The number of benzene rings is 2. The van der Waals surface area contributed by atoms with Gasteiger partial charge in [-0.1, -0.05) is 30.3 Å². The van der Waals surface area contributed by atoms with Crippen LogP contribution in [0.4, 0.5) is 5.69 Å². The van der Waals surface area contributed by atoms with Gasteiger partial charge >= 0.3 is 0 Å². The van der Waals surface area contributed by atoms with Crippen LogP contribution < -0.4 is 5.32 Å². The fraction of sp³-hybridized carbons (Fsp3) is 0.111. The highest BCUT2D eigenvalue weighted by Gasteiger charge is 2.06. The molecule has 0 aromatic heterocycles. The Bertz CT molecular complexity index is 674. The largest absolute Gasteiger partial charge is 0.345 e. The number of nitrogens with zero attached hydrogens (tertiary/aromatic N) is 1. The monoisotopic (exact) mass is 294 g/mol. The van der Waals surface area contributed by atoms with Crippen LogP contribution in [0.2, 0.25) is 0 Å². The molecule has 0 fully saturated rings. The van der Waals surface area contributed by atoms with Gasteiger partial charge in [0.2, 0.25) is 5.91 Å². The second-order valence-corrected chi connectivity index (χ2v) is 5.01. The summed E-state index contributed by atoms with van der Waals surface area (Å²) in [5.74, 6) is -0.239. The predicted molar refractivity (Wildman–Crippen MR) is 88.6 cm³/mol. The Morgan fingerprint density at radius 1 is 0.955 bits per heavy atom. The van der Waals surface area contributed by atoms with Gasteiger partial charge in [-0.25, -0.2) is 0 Å². The molecule has 0 aliphatic carbocycles. The van der Waals surface area contributed by atoms with Crippen molar-refractivity contribution in [3.8, 4) is 0 Å². The molecule has 2 amide bonds. The van der Waals surface area contributed by atoms with Crippen molar-refractivity contribution in [3.63, 3.8) is 0 Å². The molecule has 112 valence electrons. The molecule has 0 aliphatic heterocycles. The highest BCUT2D eigenvalue weighted by atomic mass is 16.2. The quantitative estimate of drug-likeness (QED) is 0.881. The van der Waals surface area contributed by atoms with Crippen LogP contribution in [0.15, 0.2) is 60.7 Å². The van der Waals surface area contributed by atoms with E-state index < -0.39 is 0 Å². The molecular weight excluding hydrogens is 276 g/mol. The fourth-order valence-corrected chi connectivity index (χ4v) is 1.87. The summed E-state index contributed by atoms with van der Waals surface area (Å²) in [7, 11) is 3.42. The van der Waals surface area contributed by atoms with Crippen LogP contribution in [-0.2, 0) is 4.79 Å². The van der Waals surface area contributed by atoms with Gasteiger partial charge in [0.1, 0.15) is 0 Å². The minimum Gasteiger partial charge on any atom is -0.345 e. The molecule has 0 bridgehead atoms. The van der Waals surface area contributed by atoms with Crippen LogP contribution in [0.5, 0.6) is 0 Å². The first-order chi connectivity index (χ1) is 10.6. The zero-order valence-electron chi connectivity index (χ0n) is 12.6. The summed E-state index contributed by atoms with van der Waals surface area (Å²) in [5.41, 5.74) is 2.23. The van der Waals surface area contributed by atoms with E-state index >= 15 is 0 Å². The Balaban J connectivity index is 1.98. The van der Waals surface area contributed by atoms with Crippen LogP contribution in [-0.4, -0.2) is 30.8 Å². The lowest BCUT2D eigenvalue weighted by Gasteiger charge is -2.09. The van der Waals surface area contributed by atoms with Crippen LogP contribution in [0.1, 0.15) is 15.9 Å². The van der Waals surface area contributed by atoms with Gasteiger partial charge in [-0.05, 0) is 35.9 Å². The van der Waals surface area contributed by atoms with E-state index in [1.165, 1.54) is 11.0 Å². The maximum Gasteiger partial charge on any atom is 0.253 e. The van der Waals surface area contributed by atoms with E-state index in [4.69, 9.17) is 0 Å². The highest BCUT2D eigenvalue weighted by Crippen LogP contribution is 2.09. The zero-order chi connectivity index (χ0) is 15.9. The molecule has 0 spiro atoms. The SMILES string of the molecule is CN(C)C(=O)c1ccc(/C=C/C(=O)Nc2ccccc2)cc1. The minimum absolute atomic E-state index is 0.0441. The Morgan fingerprint density at radius 2 is 1.59 bits per heavy atom. The van der Waals surface area contributed by atoms with E-state index in [1.54, 1.807) is 32.3 Å². The van der Waals surface area contributed by atoms with E-state index in [2.05, 4.69) is 5.32 Å². The van der Waals surface area contributed by atoms with E-state index in [0.29, 0.717) is 5.56 Å². The van der Waals surface area contributed by atoms with Gasteiger partial charge in [0.25, 0.3) is 5.91 Å². The molecule has 2 rings (SSSR count). The normalized spacial score (nSPS) is 10.5. The van der Waals surface area contributed by atoms with Gasteiger partial charge in [0, 0.05) is 31.4 Å². The molecule has 4 heteroatoms. The van der Waals surface area contributed by atoms with Gasteiger partial charge in [0.05, 0.1) is 0 Å². The van der Waals surface area contributed by atoms with Crippen LogP contribution >= 0.6 is 0 Å². The van der Waals surface area contributed by atoms with Crippen molar-refractivity contribution in [3.05, 3.63) is 71.8 Å². The Labute approximate surface area is 130 Å². The molecule has 0 saturated heterocycles. The fourth-order valence-electron chi connectivity index (χ4n) is 1.87. The maximum absolute atomic E-state index is 11.8. The summed E-state index contributed by atoms with van der Waals surface area (Å²) in [6.07, 6.45) is 3.18. The number of rotatable bonds is 4. The third-order valence-corrected chi connectivity index (χ3v) is 3.03. The first-order valence-electron chi connectivity index (χ1n) is 6.92.